The van der Waals surface area contributed by atoms with E-state index in [-0.39, 0.29) is 6.10 Å². The van der Waals surface area contributed by atoms with Crippen molar-refractivity contribution in [3.63, 3.8) is 0 Å². The number of nitrogens with one attached hydrogen (secondary N) is 2. The van der Waals surface area contributed by atoms with Gasteiger partial charge < -0.3 is 20.5 Å². The summed E-state index contributed by atoms with van der Waals surface area (Å²) in [6.45, 7) is 2.47. The number of ether oxygens (including phenoxy) is 1. The van der Waals surface area contributed by atoms with Crippen LogP contribution in [0, 0.1) is 5.92 Å². The standard InChI is InChI=1S/C16H26N4O2/c21-14-5-1-3-12(7-14)9-17-15-8-16(19-11-18-15)20-13-4-2-6-22-10-13/h8,11-14,21H,1-7,9-10H2,(H2,17,18,19,20)/t12-,13+,14-/m1/s1. The summed E-state index contributed by atoms with van der Waals surface area (Å²) in [4.78, 5) is 8.56. The van der Waals surface area contributed by atoms with Crippen LogP contribution in [0.3, 0.4) is 0 Å². The van der Waals surface area contributed by atoms with E-state index in [2.05, 4.69) is 20.6 Å². The van der Waals surface area contributed by atoms with Crippen molar-refractivity contribution in [2.24, 2.45) is 5.92 Å². The highest BCUT2D eigenvalue weighted by atomic mass is 16.5. The number of anilines is 2. The minimum Gasteiger partial charge on any atom is -0.393 e. The molecular formula is C16H26N4O2. The maximum atomic E-state index is 9.73. The van der Waals surface area contributed by atoms with Gasteiger partial charge in [-0.3, -0.25) is 0 Å². The van der Waals surface area contributed by atoms with Gasteiger partial charge >= 0.3 is 0 Å². The van der Waals surface area contributed by atoms with Crippen LogP contribution in [-0.2, 0) is 4.74 Å². The van der Waals surface area contributed by atoms with Gasteiger partial charge in [-0.15, -0.1) is 0 Å². The second-order valence-electron chi connectivity index (χ2n) is 6.41. The van der Waals surface area contributed by atoms with Crippen molar-refractivity contribution in [2.75, 3.05) is 30.4 Å². The quantitative estimate of drug-likeness (QED) is 0.772. The molecule has 2 fully saturated rings. The fourth-order valence-corrected chi connectivity index (χ4v) is 3.29. The number of aromatic nitrogens is 2. The molecule has 1 aliphatic carbocycles. The average molecular weight is 306 g/mol. The van der Waals surface area contributed by atoms with E-state index in [1.165, 1.54) is 6.42 Å². The van der Waals surface area contributed by atoms with Crippen molar-refractivity contribution in [3.05, 3.63) is 12.4 Å². The first-order valence-electron chi connectivity index (χ1n) is 8.38. The molecule has 6 nitrogen and oxygen atoms in total. The molecule has 0 bridgehead atoms. The molecule has 0 spiro atoms. The molecule has 2 aliphatic rings. The van der Waals surface area contributed by atoms with Gasteiger partial charge in [0.1, 0.15) is 18.0 Å². The van der Waals surface area contributed by atoms with Gasteiger partial charge in [-0.25, -0.2) is 9.97 Å². The van der Waals surface area contributed by atoms with Crippen molar-refractivity contribution >= 4 is 11.6 Å². The van der Waals surface area contributed by atoms with Crippen LogP contribution in [0.25, 0.3) is 0 Å². The molecule has 1 aromatic heterocycles. The molecule has 3 N–H and O–H groups in total. The number of hydrogen-bond donors (Lipinski definition) is 3. The van der Waals surface area contributed by atoms with Gasteiger partial charge in [-0.05, 0) is 38.0 Å². The topological polar surface area (TPSA) is 79.3 Å². The average Bonchev–Trinajstić information content (AvgIpc) is 2.54. The van der Waals surface area contributed by atoms with Gasteiger partial charge in [0, 0.05) is 19.2 Å². The van der Waals surface area contributed by atoms with Crippen LogP contribution < -0.4 is 10.6 Å². The molecule has 1 saturated carbocycles. The second-order valence-corrected chi connectivity index (χ2v) is 6.41. The molecule has 0 aromatic carbocycles. The van der Waals surface area contributed by atoms with Gasteiger partial charge in [-0.2, -0.15) is 0 Å². The highest BCUT2D eigenvalue weighted by Gasteiger charge is 2.20. The van der Waals surface area contributed by atoms with Crippen LogP contribution in [0.4, 0.5) is 11.6 Å². The summed E-state index contributed by atoms with van der Waals surface area (Å²) in [6.07, 6.45) is 7.80. The first-order chi connectivity index (χ1) is 10.8. The Morgan fingerprint density at radius 1 is 1.18 bits per heavy atom. The summed E-state index contributed by atoms with van der Waals surface area (Å²) < 4.78 is 5.48. The van der Waals surface area contributed by atoms with Gasteiger partial charge in [0.05, 0.1) is 18.8 Å². The normalized spacial score (nSPS) is 29.0. The Morgan fingerprint density at radius 2 is 2.09 bits per heavy atom. The predicted octanol–water partition coefficient (Wildman–Crippen LogP) is 2.03. The fraction of sp³-hybridized carbons (Fsp3) is 0.750. The zero-order valence-corrected chi connectivity index (χ0v) is 13.0. The number of aliphatic hydroxyl groups excluding tert-OH is 1. The van der Waals surface area contributed by atoms with E-state index in [4.69, 9.17) is 4.74 Å². The Bertz CT molecular complexity index is 465. The number of aliphatic hydroxyl groups is 1. The predicted molar refractivity (Wildman–Crippen MR) is 86.0 cm³/mol. The molecule has 1 aromatic rings. The lowest BCUT2D eigenvalue weighted by Crippen LogP contribution is -2.30. The SMILES string of the molecule is O[C@@H]1CCC[C@@H](CNc2cc(N[C@H]3CCCOC3)ncn2)C1. The summed E-state index contributed by atoms with van der Waals surface area (Å²) in [5.74, 6) is 2.22. The van der Waals surface area contributed by atoms with Gasteiger partial charge in [0.2, 0.25) is 0 Å². The smallest absolute Gasteiger partial charge is 0.131 e. The van der Waals surface area contributed by atoms with Crippen LogP contribution in [0.1, 0.15) is 38.5 Å². The van der Waals surface area contributed by atoms with Crippen molar-refractivity contribution in [2.45, 2.75) is 50.7 Å². The Morgan fingerprint density at radius 3 is 2.91 bits per heavy atom. The molecule has 3 rings (SSSR count). The third kappa shape index (κ3) is 4.55. The van der Waals surface area contributed by atoms with E-state index >= 15 is 0 Å². The van der Waals surface area contributed by atoms with Crippen molar-refractivity contribution < 1.29 is 9.84 Å². The second kappa shape index (κ2) is 7.74. The van der Waals surface area contributed by atoms with Crippen LogP contribution in [-0.4, -0.2) is 47.0 Å². The van der Waals surface area contributed by atoms with E-state index < -0.39 is 0 Å². The zero-order valence-electron chi connectivity index (χ0n) is 13.0. The minimum atomic E-state index is -0.130. The van der Waals surface area contributed by atoms with Crippen LogP contribution >= 0.6 is 0 Å². The molecule has 122 valence electrons. The molecule has 0 unspecified atom stereocenters. The van der Waals surface area contributed by atoms with E-state index in [1.54, 1.807) is 6.33 Å². The molecule has 2 heterocycles. The lowest BCUT2D eigenvalue weighted by Gasteiger charge is -2.26. The van der Waals surface area contributed by atoms with Crippen LogP contribution in [0.15, 0.2) is 12.4 Å². The van der Waals surface area contributed by atoms with Crippen molar-refractivity contribution in [1.29, 1.82) is 0 Å². The number of rotatable bonds is 5. The maximum absolute atomic E-state index is 9.73. The molecular weight excluding hydrogens is 280 g/mol. The van der Waals surface area contributed by atoms with Crippen LogP contribution in [0.5, 0.6) is 0 Å². The monoisotopic (exact) mass is 306 g/mol. The van der Waals surface area contributed by atoms with Gasteiger partial charge in [0.25, 0.3) is 0 Å². The minimum absolute atomic E-state index is 0.130. The summed E-state index contributed by atoms with van der Waals surface area (Å²) >= 11 is 0. The summed E-state index contributed by atoms with van der Waals surface area (Å²) in [7, 11) is 0. The largest absolute Gasteiger partial charge is 0.393 e. The molecule has 22 heavy (non-hydrogen) atoms. The summed E-state index contributed by atoms with van der Waals surface area (Å²) in [5.41, 5.74) is 0. The first-order valence-corrected chi connectivity index (χ1v) is 8.38. The molecule has 0 radical (unpaired) electrons. The molecule has 6 heteroatoms. The molecule has 3 atom stereocenters. The van der Waals surface area contributed by atoms with E-state index in [9.17, 15) is 5.11 Å². The van der Waals surface area contributed by atoms with Crippen LogP contribution in [0.2, 0.25) is 0 Å². The van der Waals surface area contributed by atoms with Gasteiger partial charge in [0.15, 0.2) is 0 Å². The number of hydrogen-bond acceptors (Lipinski definition) is 6. The Labute approximate surface area is 131 Å². The highest BCUT2D eigenvalue weighted by molar-refractivity contribution is 5.47. The van der Waals surface area contributed by atoms with Gasteiger partial charge in [-0.1, -0.05) is 6.42 Å². The third-order valence-corrected chi connectivity index (χ3v) is 4.51. The lowest BCUT2D eigenvalue weighted by atomic mass is 9.87. The summed E-state index contributed by atoms with van der Waals surface area (Å²) in [6, 6.07) is 2.29. The molecule has 0 amide bonds. The van der Waals surface area contributed by atoms with E-state index in [1.807, 2.05) is 6.07 Å². The number of nitrogens with zero attached hydrogens (tertiary/aromatic N) is 2. The molecule has 1 saturated heterocycles. The third-order valence-electron chi connectivity index (χ3n) is 4.51. The Balaban J connectivity index is 1.50. The van der Waals surface area contributed by atoms with E-state index in [0.717, 1.165) is 63.5 Å². The molecule has 1 aliphatic heterocycles. The Kier molecular flexibility index (Phi) is 5.45. The summed E-state index contributed by atoms with van der Waals surface area (Å²) in [5, 5.41) is 16.5. The Hall–Kier alpha value is -1.40. The fourth-order valence-electron chi connectivity index (χ4n) is 3.29. The van der Waals surface area contributed by atoms with E-state index in [0.29, 0.717) is 12.0 Å². The first kappa shape index (κ1) is 15.5. The van der Waals surface area contributed by atoms with Crippen molar-refractivity contribution in [3.8, 4) is 0 Å². The highest BCUT2D eigenvalue weighted by Crippen LogP contribution is 2.24. The maximum Gasteiger partial charge on any atom is 0.131 e. The van der Waals surface area contributed by atoms with Crippen molar-refractivity contribution in [1.82, 2.24) is 9.97 Å². The lowest BCUT2D eigenvalue weighted by molar-refractivity contribution is 0.0875. The zero-order chi connectivity index (χ0) is 15.2.